The fourth-order valence-electron chi connectivity index (χ4n) is 1.09. The van der Waals surface area contributed by atoms with Crippen LogP contribution in [0.5, 0.6) is 0 Å². The van der Waals surface area contributed by atoms with Gasteiger partial charge in [-0.2, -0.15) is 0 Å². The molecule has 12 heavy (non-hydrogen) atoms. The largest absolute Gasteiger partial charge is 0.473 e. The summed E-state index contributed by atoms with van der Waals surface area (Å²) in [5, 5.41) is 0. The minimum atomic E-state index is -0.0982. The highest BCUT2D eigenvalue weighted by Crippen LogP contribution is 2.10. The van der Waals surface area contributed by atoms with Crippen molar-refractivity contribution >= 4 is 12.2 Å². The van der Waals surface area contributed by atoms with E-state index in [0.717, 1.165) is 5.56 Å². The maximum atomic E-state index is 11.2. The second-order valence-electron chi connectivity index (χ2n) is 2.42. The summed E-state index contributed by atoms with van der Waals surface area (Å²) < 4.78 is 4.92. The van der Waals surface area contributed by atoms with Crippen LogP contribution in [0.15, 0.2) is 29.6 Å². The van der Waals surface area contributed by atoms with Crippen molar-refractivity contribution in [2.24, 2.45) is 0 Å². The van der Waals surface area contributed by atoms with E-state index in [-0.39, 0.29) is 5.56 Å². The molecular formula is C9H7NO2. The summed E-state index contributed by atoms with van der Waals surface area (Å²) in [4.78, 5) is 13.8. The summed E-state index contributed by atoms with van der Waals surface area (Å²) in [7, 11) is 0. The van der Waals surface area contributed by atoms with Gasteiger partial charge in [-0.15, -0.1) is 0 Å². The Balaban J connectivity index is 2.73. The molecule has 1 aliphatic rings. The standard InChI is InChI=1S/C9H7NO2/c11-9-8-3-6-12-5-2-7(8)1-4-10-9/h1-6H,(H,10,11). The van der Waals surface area contributed by atoms with Crippen molar-refractivity contribution in [1.82, 2.24) is 4.98 Å². The van der Waals surface area contributed by atoms with Crippen LogP contribution in [0.1, 0.15) is 11.1 Å². The fourth-order valence-corrected chi connectivity index (χ4v) is 1.09. The second kappa shape index (κ2) is 2.70. The van der Waals surface area contributed by atoms with Gasteiger partial charge in [0.25, 0.3) is 5.56 Å². The third kappa shape index (κ3) is 1.05. The molecule has 1 N–H and O–H groups in total. The van der Waals surface area contributed by atoms with Crippen LogP contribution in [-0.4, -0.2) is 4.98 Å². The smallest absolute Gasteiger partial charge is 0.255 e. The highest BCUT2D eigenvalue weighted by atomic mass is 16.5. The first kappa shape index (κ1) is 6.91. The van der Waals surface area contributed by atoms with Gasteiger partial charge in [-0.05, 0) is 23.8 Å². The van der Waals surface area contributed by atoms with Crippen molar-refractivity contribution in [3.63, 3.8) is 0 Å². The Morgan fingerprint density at radius 1 is 1.25 bits per heavy atom. The summed E-state index contributed by atoms with van der Waals surface area (Å²) in [6.45, 7) is 0. The molecule has 1 aromatic rings. The summed E-state index contributed by atoms with van der Waals surface area (Å²) in [5.41, 5.74) is 1.40. The molecule has 0 spiro atoms. The lowest BCUT2D eigenvalue weighted by Gasteiger charge is -1.94. The number of H-pyrrole nitrogens is 1. The molecule has 3 heteroatoms. The number of aromatic nitrogens is 1. The van der Waals surface area contributed by atoms with Crippen LogP contribution in [-0.2, 0) is 4.74 Å². The Labute approximate surface area is 69.0 Å². The molecule has 2 heterocycles. The number of hydrogen-bond donors (Lipinski definition) is 1. The zero-order valence-electron chi connectivity index (χ0n) is 6.28. The fraction of sp³-hybridized carbons (Fsp3) is 0. The normalized spacial score (nSPS) is 13.3. The van der Waals surface area contributed by atoms with Gasteiger partial charge >= 0.3 is 0 Å². The van der Waals surface area contributed by atoms with Gasteiger partial charge < -0.3 is 9.72 Å². The number of rotatable bonds is 0. The van der Waals surface area contributed by atoms with Gasteiger partial charge in [0.1, 0.15) is 0 Å². The number of hydrogen-bond acceptors (Lipinski definition) is 2. The number of nitrogens with one attached hydrogen (secondary N) is 1. The van der Waals surface area contributed by atoms with Crippen LogP contribution >= 0.6 is 0 Å². The lowest BCUT2D eigenvalue weighted by molar-refractivity contribution is 0.411. The van der Waals surface area contributed by atoms with Crippen LogP contribution in [0.2, 0.25) is 0 Å². The molecule has 0 radical (unpaired) electrons. The van der Waals surface area contributed by atoms with E-state index in [1.165, 1.54) is 6.26 Å². The van der Waals surface area contributed by atoms with Gasteiger partial charge in [-0.1, -0.05) is 0 Å². The van der Waals surface area contributed by atoms with E-state index in [1.54, 1.807) is 24.6 Å². The van der Waals surface area contributed by atoms with Crippen molar-refractivity contribution in [2.75, 3.05) is 0 Å². The molecule has 60 valence electrons. The van der Waals surface area contributed by atoms with E-state index in [4.69, 9.17) is 4.74 Å². The predicted octanol–water partition coefficient (Wildman–Crippen LogP) is 1.35. The molecule has 0 aromatic carbocycles. The van der Waals surface area contributed by atoms with E-state index in [1.807, 2.05) is 6.07 Å². The monoisotopic (exact) mass is 161 g/mol. The van der Waals surface area contributed by atoms with Crippen LogP contribution in [0, 0.1) is 0 Å². The van der Waals surface area contributed by atoms with Crippen molar-refractivity contribution in [2.45, 2.75) is 0 Å². The van der Waals surface area contributed by atoms with Crippen LogP contribution in [0.3, 0.4) is 0 Å². The maximum Gasteiger partial charge on any atom is 0.255 e. The van der Waals surface area contributed by atoms with Crippen molar-refractivity contribution in [1.29, 1.82) is 0 Å². The van der Waals surface area contributed by atoms with Gasteiger partial charge in [-0.3, -0.25) is 4.79 Å². The number of pyridine rings is 1. The first-order valence-electron chi connectivity index (χ1n) is 3.58. The van der Waals surface area contributed by atoms with Gasteiger partial charge in [0, 0.05) is 6.20 Å². The lowest BCUT2D eigenvalue weighted by atomic mass is 10.1. The lowest BCUT2D eigenvalue weighted by Crippen LogP contribution is -2.09. The van der Waals surface area contributed by atoms with Crippen LogP contribution in [0.4, 0.5) is 0 Å². The van der Waals surface area contributed by atoms with Crippen molar-refractivity contribution in [3.05, 3.63) is 46.3 Å². The first-order chi connectivity index (χ1) is 5.88. The number of ether oxygens (including phenoxy) is 1. The summed E-state index contributed by atoms with van der Waals surface area (Å²) in [6, 6.07) is 1.83. The molecule has 3 nitrogen and oxygen atoms in total. The van der Waals surface area contributed by atoms with E-state index >= 15 is 0 Å². The zero-order valence-corrected chi connectivity index (χ0v) is 6.28. The third-order valence-corrected chi connectivity index (χ3v) is 1.67. The molecule has 0 fully saturated rings. The molecule has 1 aromatic heterocycles. The van der Waals surface area contributed by atoms with Crippen LogP contribution < -0.4 is 5.56 Å². The quantitative estimate of drug-likeness (QED) is 0.624. The Hall–Kier alpha value is -1.77. The summed E-state index contributed by atoms with van der Waals surface area (Å²) in [6.07, 6.45) is 8.04. The summed E-state index contributed by atoms with van der Waals surface area (Å²) in [5.74, 6) is 0. The molecule has 0 atom stereocenters. The SMILES string of the molecule is O=c1[nH]ccc2c1C=COC=C2. The van der Waals surface area contributed by atoms with E-state index in [9.17, 15) is 4.79 Å². The topological polar surface area (TPSA) is 42.1 Å². The van der Waals surface area contributed by atoms with E-state index in [2.05, 4.69) is 4.98 Å². The Kier molecular flexibility index (Phi) is 1.55. The molecule has 0 amide bonds. The highest BCUT2D eigenvalue weighted by Gasteiger charge is 2.01. The molecule has 0 aliphatic carbocycles. The third-order valence-electron chi connectivity index (χ3n) is 1.67. The van der Waals surface area contributed by atoms with Gasteiger partial charge in [0.15, 0.2) is 0 Å². The maximum absolute atomic E-state index is 11.2. The Bertz CT molecular complexity index is 401. The van der Waals surface area contributed by atoms with Crippen molar-refractivity contribution < 1.29 is 4.74 Å². The number of fused-ring (bicyclic) bond motifs is 1. The first-order valence-corrected chi connectivity index (χ1v) is 3.58. The molecule has 1 aliphatic heterocycles. The van der Waals surface area contributed by atoms with Gasteiger partial charge in [0.05, 0.1) is 18.1 Å². The van der Waals surface area contributed by atoms with E-state index in [0.29, 0.717) is 5.56 Å². The van der Waals surface area contributed by atoms with Crippen LogP contribution in [0.25, 0.3) is 12.2 Å². The summed E-state index contributed by atoms with van der Waals surface area (Å²) >= 11 is 0. The van der Waals surface area contributed by atoms with Gasteiger partial charge in [0.2, 0.25) is 0 Å². The second-order valence-corrected chi connectivity index (χ2v) is 2.42. The van der Waals surface area contributed by atoms with Crippen molar-refractivity contribution in [3.8, 4) is 0 Å². The molecule has 0 saturated carbocycles. The van der Waals surface area contributed by atoms with E-state index < -0.39 is 0 Å². The zero-order chi connectivity index (χ0) is 8.39. The molecule has 0 unspecified atom stereocenters. The Morgan fingerprint density at radius 2 is 2.08 bits per heavy atom. The molecular weight excluding hydrogens is 154 g/mol. The highest BCUT2D eigenvalue weighted by molar-refractivity contribution is 5.64. The molecule has 0 bridgehead atoms. The average Bonchev–Trinajstić information content (AvgIpc) is 2.30. The minimum absolute atomic E-state index is 0.0982. The minimum Gasteiger partial charge on any atom is -0.473 e. The van der Waals surface area contributed by atoms with Gasteiger partial charge in [-0.25, -0.2) is 0 Å². The average molecular weight is 161 g/mol. The Morgan fingerprint density at radius 3 is 3.00 bits per heavy atom. The molecule has 0 saturated heterocycles. The molecule has 2 rings (SSSR count). The number of aromatic amines is 1. The predicted molar refractivity (Wildman–Crippen MR) is 46.2 cm³/mol.